The van der Waals surface area contributed by atoms with Gasteiger partial charge in [0.15, 0.2) is 6.61 Å². The van der Waals surface area contributed by atoms with E-state index in [1.54, 1.807) is 6.07 Å². The van der Waals surface area contributed by atoms with E-state index in [-0.39, 0.29) is 29.9 Å². The molecule has 0 spiro atoms. The number of ether oxygens (including phenoxy) is 1. The molecule has 6 heteroatoms. The second-order valence-electron chi connectivity index (χ2n) is 6.09. The molecule has 5 nitrogen and oxygen atoms in total. The van der Waals surface area contributed by atoms with Gasteiger partial charge in [0.1, 0.15) is 5.75 Å². The van der Waals surface area contributed by atoms with Gasteiger partial charge in [-0.05, 0) is 37.5 Å². The Labute approximate surface area is 142 Å². The van der Waals surface area contributed by atoms with Gasteiger partial charge in [-0.25, -0.2) is 0 Å². The summed E-state index contributed by atoms with van der Waals surface area (Å²) >= 11 is 5.82. The molecule has 0 fully saturated rings. The van der Waals surface area contributed by atoms with Gasteiger partial charge in [0.25, 0.3) is 11.8 Å². The van der Waals surface area contributed by atoms with Crippen molar-refractivity contribution in [3.63, 3.8) is 0 Å². The zero-order valence-corrected chi connectivity index (χ0v) is 14.7. The lowest BCUT2D eigenvalue weighted by molar-refractivity contribution is -0.123. The lowest BCUT2D eigenvalue weighted by atomic mass is 10.0. The first-order chi connectivity index (χ1) is 10.8. The van der Waals surface area contributed by atoms with Crippen LogP contribution in [0.1, 0.15) is 50.4 Å². The number of halogens is 1. The largest absolute Gasteiger partial charge is 0.483 e. The van der Waals surface area contributed by atoms with Crippen molar-refractivity contribution in [3.05, 3.63) is 28.8 Å². The summed E-state index contributed by atoms with van der Waals surface area (Å²) in [7, 11) is 0. The van der Waals surface area contributed by atoms with Gasteiger partial charge in [-0.15, -0.1) is 0 Å². The van der Waals surface area contributed by atoms with E-state index in [9.17, 15) is 9.59 Å². The summed E-state index contributed by atoms with van der Waals surface area (Å²) in [5.41, 5.74) is 5.43. The van der Waals surface area contributed by atoms with Crippen LogP contribution in [0.25, 0.3) is 0 Å². The molecule has 1 atom stereocenters. The van der Waals surface area contributed by atoms with Crippen LogP contribution in [0.4, 0.5) is 0 Å². The molecule has 0 radical (unpaired) electrons. The molecule has 23 heavy (non-hydrogen) atoms. The van der Waals surface area contributed by atoms with Crippen LogP contribution in [0.3, 0.4) is 0 Å². The summed E-state index contributed by atoms with van der Waals surface area (Å²) in [5, 5.41) is 3.26. The number of amides is 2. The Morgan fingerprint density at radius 2 is 1.96 bits per heavy atom. The third-order valence-electron chi connectivity index (χ3n) is 3.39. The molecule has 0 aromatic heterocycles. The van der Waals surface area contributed by atoms with Gasteiger partial charge in [0.2, 0.25) is 0 Å². The monoisotopic (exact) mass is 340 g/mol. The second-order valence-corrected chi connectivity index (χ2v) is 6.52. The van der Waals surface area contributed by atoms with Crippen molar-refractivity contribution in [1.29, 1.82) is 0 Å². The zero-order valence-electron chi connectivity index (χ0n) is 13.9. The molecule has 0 saturated carbocycles. The van der Waals surface area contributed by atoms with Gasteiger partial charge in [0, 0.05) is 11.1 Å². The lowest BCUT2D eigenvalue weighted by Crippen LogP contribution is -2.36. The van der Waals surface area contributed by atoms with Crippen LogP contribution in [0, 0.1) is 5.92 Å². The Morgan fingerprint density at radius 1 is 1.26 bits per heavy atom. The Morgan fingerprint density at radius 3 is 2.57 bits per heavy atom. The number of hydrogen-bond donors (Lipinski definition) is 2. The first kappa shape index (κ1) is 19.3. The number of carbonyl (C=O) groups excluding carboxylic acids is 2. The maximum atomic E-state index is 11.9. The van der Waals surface area contributed by atoms with Gasteiger partial charge >= 0.3 is 0 Å². The number of nitrogens with one attached hydrogen (secondary N) is 1. The molecule has 2 amide bonds. The summed E-state index contributed by atoms with van der Waals surface area (Å²) in [4.78, 5) is 23.2. The molecule has 1 unspecified atom stereocenters. The minimum absolute atomic E-state index is 0.0886. The molecule has 3 N–H and O–H groups in total. The average molecular weight is 341 g/mol. The predicted molar refractivity (Wildman–Crippen MR) is 91.8 cm³/mol. The van der Waals surface area contributed by atoms with Crippen molar-refractivity contribution in [1.82, 2.24) is 5.32 Å². The van der Waals surface area contributed by atoms with Crippen LogP contribution in [0.15, 0.2) is 18.2 Å². The van der Waals surface area contributed by atoms with E-state index in [0.717, 1.165) is 19.3 Å². The highest BCUT2D eigenvalue weighted by Gasteiger charge is 2.13. The number of hydrogen-bond acceptors (Lipinski definition) is 3. The number of benzene rings is 1. The van der Waals surface area contributed by atoms with Gasteiger partial charge in [0.05, 0.1) is 5.56 Å². The van der Waals surface area contributed by atoms with Crippen LogP contribution in [-0.2, 0) is 4.79 Å². The van der Waals surface area contributed by atoms with E-state index in [1.165, 1.54) is 12.1 Å². The van der Waals surface area contributed by atoms with E-state index in [0.29, 0.717) is 10.9 Å². The van der Waals surface area contributed by atoms with Crippen LogP contribution < -0.4 is 15.8 Å². The standard InChI is InChI=1S/C17H25ClN2O3/c1-11(2)5-4-6-12(3)20-16(21)10-23-15-8-7-13(18)9-14(15)17(19)22/h7-9,11-12H,4-6,10H2,1-3H3,(H2,19,22)(H,20,21). The van der Waals surface area contributed by atoms with Crippen LogP contribution in [0.2, 0.25) is 5.02 Å². The molecule has 1 aromatic carbocycles. The minimum atomic E-state index is -0.648. The summed E-state index contributed by atoms with van der Waals surface area (Å²) in [6, 6.07) is 4.62. The fourth-order valence-corrected chi connectivity index (χ4v) is 2.36. The highest BCUT2D eigenvalue weighted by molar-refractivity contribution is 6.31. The molecular weight excluding hydrogens is 316 g/mol. The average Bonchev–Trinajstić information content (AvgIpc) is 2.45. The van der Waals surface area contributed by atoms with Crippen molar-refractivity contribution in [2.75, 3.05) is 6.61 Å². The molecule has 128 valence electrons. The number of rotatable bonds is 9. The Balaban J connectivity index is 2.46. The van der Waals surface area contributed by atoms with Crippen LogP contribution in [-0.4, -0.2) is 24.5 Å². The SMILES string of the molecule is CC(C)CCCC(C)NC(=O)COc1ccc(Cl)cc1C(N)=O. The van der Waals surface area contributed by atoms with E-state index < -0.39 is 5.91 Å². The minimum Gasteiger partial charge on any atom is -0.483 e. The molecule has 0 saturated heterocycles. The van der Waals surface area contributed by atoms with Crippen molar-refractivity contribution in [2.45, 2.75) is 46.1 Å². The van der Waals surface area contributed by atoms with Gasteiger partial charge in [-0.1, -0.05) is 38.3 Å². The first-order valence-corrected chi connectivity index (χ1v) is 8.19. The number of nitrogens with two attached hydrogens (primary N) is 1. The summed E-state index contributed by atoms with van der Waals surface area (Å²) < 4.78 is 5.39. The summed E-state index contributed by atoms with van der Waals surface area (Å²) in [5.74, 6) is 0.0419. The van der Waals surface area contributed by atoms with Gasteiger partial charge in [-0.2, -0.15) is 0 Å². The normalized spacial score (nSPS) is 12.0. The van der Waals surface area contributed by atoms with Crippen molar-refractivity contribution >= 4 is 23.4 Å². The fourth-order valence-electron chi connectivity index (χ4n) is 2.18. The maximum Gasteiger partial charge on any atom is 0.258 e. The Bertz CT molecular complexity index is 547. The van der Waals surface area contributed by atoms with E-state index >= 15 is 0 Å². The van der Waals surface area contributed by atoms with Crippen LogP contribution >= 0.6 is 11.6 Å². The van der Waals surface area contributed by atoms with Gasteiger partial charge in [-0.3, -0.25) is 9.59 Å². The topological polar surface area (TPSA) is 81.4 Å². The smallest absolute Gasteiger partial charge is 0.258 e. The van der Waals surface area contributed by atoms with Crippen molar-refractivity contribution in [2.24, 2.45) is 11.7 Å². The summed E-state index contributed by atoms with van der Waals surface area (Å²) in [6.07, 6.45) is 3.14. The van der Waals surface area contributed by atoms with Gasteiger partial charge < -0.3 is 15.8 Å². The second kappa shape index (κ2) is 9.40. The molecular formula is C17H25ClN2O3. The maximum absolute atomic E-state index is 11.9. The zero-order chi connectivity index (χ0) is 17.4. The first-order valence-electron chi connectivity index (χ1n) is 7.81. The van der Waals surface area contributed by atoms with Crippen molar-refractivity contribution in [3.8, 4) is 5.75 Å². The summed E-state index contributed by atoms with van der Waals surface area (Å²) in [6.45, 7) is 6.16. The Kier molecular flexibility index (Phi) is 7.89. The van der Waals surface area contributed by atoms with E-state index in [2.05, 4.69) is 19.2 Å². The number of carbonyl (C=O) groups is 2. The van der Waals surface area contributed by atoms with E-state index in [4.69, 9.17) is 22.1 Å². The Hall–Kier alpha value is -1.75. The molecule has 1 aromatic rings. The quantitative estimate of drug-likeness (QED) is 0.724. The highest BCUT2D eigenvalue weighted by Crippen LogP contribution is 2.22. The molecule has 0 aliphatic carbocycles. The molecule has 1 rings (SSSR count). The third kappa shape index (κ3) is 7.37. The molecule has 0 bridgehead atoms. The fraction of sp³-hybridized carbons (Fsp3) is 0.529. The molecule has 0 heterocycles. The van der Waals surface area contributed by atoms with Crippen LogP contribution in [0.5, 0.6) is 5.75 Å². The number of primary amides is 1. The predicted octanol–water partition coefficient (Wildman–Crippen LogP) is 3.15. The molecule has 0 aliphatic rings. The molecule has 0 aliphatic heterocycles. The highest BCUT2D eigenvalue weighted by atomic mass is 35.5. The third-order valence-corrected chi connectivity index (χ3v) is 3.63. The van der Waals surface area contributed by atoms with E-state index in [1.807, 2.05) is 6.92 Å². The lowest BCUT2D eigenvalue weighted by Gasteiger charge is -2.15. The van der Waals surface area contributed by atoms with Crippen molar-refractivity contribution < 1.29 is 14.3 Å².